The number of aliphatic hydroxyl groups is 6. The summed E-state index contributed by atoms with van der Waals surface area (Å²) in [5.74, 6) is -0.840. The molecule has 28 nitrogen and oxygen atoms in total. The number of carboxylic acids is 1. The van der Waals surface area contributed by atoms with Gasteiger partial charge in [0.1, 0.15) is 54.9 Å². The van der Waals surface area contributed by atoms with Gasteiger partial charge in [0.25, 0.3) is 0 Å². The van der Waals surface area contributed by atoms with E-state index < -0.39 is 136 Å². The van der Waals surface area contributed by atoms with Gasteiger partial charge in [-0.2, -0.15) is 30.0 Å². The molecule has 33 heteroatoms. The summed E-state index contributed by atoms with van der Waals surface area (Å²) in [6.07, 6.45) is -23.7. The molecule has 13 N–H and O–H groups in total. The van der Waals surface area contributed by atoms with Crippen molar-refractivity contribution < 1.29 is 116 Å². The first-order chi connectivity index (χ1) is 30.9. The largest absolute Gasteiger partial charge is 0.479 e. The molecule has 66 heavy (non-hydrogen) atoms. The summed E-state index contributed by atoms with van der Waals surface area (Å²) in [6, 6.07) is 4.43. The van der Waals surface area contributed by atoms with E-state index >= 15 is 0 Å². The van der Waals surface area contributed by atoms with E-state index in [0.717, 1.165) is 26.4 Å². The van der Waals surface area contributed by atoms with E-state index in [1.54, 1.807) is 24.3 Å². The van der Waals surface area contributed by atoms with Crippen molar-refractivity contribution in [1.82, 2.24) is 4.72 Å². The van der Waals surface area contributed by atoms with E-state index in [-0.39, 0.29) is 6.54 Å². The molecule has 0 aromatic heterocycles. The highest BCUT2D eigenvalue weighted by molar-refractivity contribution is 8.77. The van der Waals surface area contributed by atoms with Gasteiger partial charge in [-0.3, -0.25) is 24.0 Å². The van der Waals surface area contributed by atoms with Crippen molar-refractivity contribution in [3.8, 4) is 0 Å². The first-order valence-electron chi connectivity index (χ1n) is 19.8. The lowest BCUT2D eigenvalue weighted by molar-refractivity contribution is -0.340. The number of methoxy groups -OCH3 is 1. The van der Waals surface area contributed by atoms with E-state index in [4.69, 9.17) is 33.1 Å². The summed E-state index contributed by atoms with van der Waals surface area (Å²) in [5.41, 5.74) is 3.84. The quantitative estimate of drug-likeness (QED) is 0.0173. The third kappa shape index (κ3) is 18.1. The average Bonchev–Trinajstić information content (AvgIpc) is 3.76. The molecule has 3 saturated heterocycles. The van der Waals surface area contributed by atoms with Gasteiger partial charge < -0.3 is 64.7 Å². The minimum Gasteiger partial charge on any atom is -0.479 e. The Hall–Kier alpha value is -1.88. The van der Waals surface area contributed by atoms with Gasteiger partial charge in [-0.15, -0.1) is 0 Å². The number of rotatable bonds is 28. The summed E-state index contributed by atoms with van der Waals surface area (Å²) in [5, 5.41) is 78.4. The topological polar surface area (TPSA) is 432 Å². The number of carboxylic acid groups (broad SMARTS) is 1. The van der Waals surface area contributed by atoms with Crippen LogP contribution in [0.5, 0.6) is 0 Å². The fourth-order valence-corrected chi connectivity index (χ4v) is 11.2. The van der Waals surface area contributed by atoms with Gasteiger partial charge in [0.05, 0.1) is 31.6 Å². The molecule has 0 amide bonds. The second-order valence-electron chi connectivity index (χ2n) is 14.9. The van der Waals surface area contributed by atoms with E-state index in [2.05, 4.69) is 19.2 Å². The molecule has 3 heterocycles. The number of hydrogen-bond acceptors (Lipinski definition) is 25. The molecule has 0 bridgehead atoms. The Morgan fingerprint density at radius 2 is 1.58 bits per heavy atom. The van der Waals surface area contributed by atoms with Crippen molar-refractivity contribution in [3.05, 3.63) is 24.3 Å². The minimum absolute atomic E-state index is 0.388. The number of nitrogens with one attached hydrogen (secondary N) is 3. The van der Waals surface area contributed by atoms with Crippen LogP contribution in [0.25, 0.3) is 0 Å². The molecule has 0 aliphatic carbocycles. The normalized spacial score (nSPS) is 30.6. The monoisotopic (exact) mass is 1050 g/mol. The number of carbonyl (C=O) groups is 1. The summed E-state index contributed by atoms with van der Waals surface area (Å²) in [7, 11) is -11.4. The molecule has 1 aromatic rings. The van der Waals surface area contributed by atoms with Crippen LogP contribution in [-0.2, 0) is 72.8 Å². The van der Waals surface area contributed by atoms with Gasteiger partial charge >= 0.3 is 37.1 Å². The lowest BCUT2D eigenvalue weighted by atomic mass is 9.95. The van der Waals surface area contributed by atoms with Crippen molar-refractivity contribution in [3.63, 3.8) is 0 Å². The molecule has 7 unspecified atom stereocenters. The Kier molecular flexibility index (Phi) is 22.2. The Balaban J connectivity index is 1.37. The van der Waals surface area contributed by atoms with Crippen LogP contribution in [0.3, 0.4) is 0 Å². The molecule has 3 aliphatic rings. The van der Waals surface area contributed by atoms with Gasteiger partial charge in [-0.05, 0) is 37.5 Å². The number of unbranched alkanes of at least 4 members (excludes halogenated alkanes) is 2. The highest BCUT2D eigenvalue weighted by atomic mass is 33.1. The average molecular weight is 1050 g/mol. The molecule has 3 aliphatic heterocycles. The molecule has 15 atom stereocenters. The molecule has 0 radical (unpaired) electrons. The fourth-order valence-electron chi connectivity index (χ4n) is 6.83. The number of benzene rings is 1. The molecular weight excluding hydrogens is 999 g/mol. The number of hydrogen-bond donors (Lipinski definition) is 13. The maximum absolute atomic E-state index is 12.4. The summed E-state index contributed by atoms with van der Waals surface area (Å²) in [4.78, 5) is 18.0. The third-order valence-electron chi connectivity index (χ3n) is 10.0. The van der Waals surface area contributed by atoms with Crippen molar-refractivity contribution in [1.29, 1.82) is 0 Å². The molecule has 1 aromatic carbocycles. The lowest BCUT2D eigenvalue weighted by Crippen LogP contribution is -2.68. The fraction of sp³-hybridized carbons (Fsp3) is 0.788. The van der Waals surface area contributed by atoms with Gasteiger partial charge in [0, 0.05) is 30.3 Å². The maximum atomic E-state index is 12.4. The van der Waals surface area contributed by atoms with Crippen molar-refractivity contribution in [2.45, 2.75) is 123 Å². The minimum atomic E-state index is -5.63. The van der Waals surface area contributed by atoms with Crippen LogP contribution in [-0.4, -0.2) is 211 Å². The molecular formula is C33H55N3O25S5. The Labute approximate surface area is 387 Å². The predicted octanol–water partition coefficient (Wildman–Crippen LogP) is -2.96. The zero-order valence-electron chi connectivity index (χ0n) is 34.7. The third-order valence-corrected chi connectivity index (χ3v) is 14.5. The van der Waals surface area contributed by atoms with Crippen molar-refractivity contribution in [2.24, 2.45) is 0 Å². The second-order valence-corrected chi connectivity index (χ2v) is 21.1. The van der Waals surface area contributed by atoms with Crippen LogP contribution in [0, 0.1) is 0 Å². The summed E-state index contributed by atoms with van der Waals surface area (Å²) in [6.45, 7) is -2.28. The van der Waals surface area contributed by atoms with E-state index in [1.165, 1.54) is 23.3 Å². The predicted molar refractivity (Wildman–Crippen MR) is 226 cm³/mol. The Morgan fingerprint density at radius 3 is 2.20 bits per heavy atom. The van der Waals surface area contributed by atoms with Gasteiger partial charge in [0.15, 0.2) is 24.8 Å². The van der Waals surface area contributed by atoms with Crippen LogP contribution in [0.2, 0.25) is 0 Å². The second kappa shape index (κ2) is 25.8. The lowest BCUT2D eigenvalue weighted by Gasteiger charge is -2.47. The number of aliphatic carboxylic acids is 1. The highest BCUT2D eigenvalue weighted by Gasteiger charge is 2.56. The standard InChI is InChI=1S/C33H55N3O25S5/c1-54-27-21(15-57-65(48,49)50)58-32(22(25(27)41)36-64(45,46)47)59-28-26(42)29(61-66(51,52)53)33(60-30(28)31(43)44)55-14-20(38)24(40)23(39)19(37)13-34-16-6-5-7-17(12-16)35-56-10-4-2-3-8-18-9-11-62-63-18/h5-7,12,18-30,32-42H,2-4,8-11,13-15H2,1H3,(H,43,44)(H,45,46,47)(H,48,49,50)(H,51,52,53)/t18?,19?,20?,21?,22?,23-,24+,25-,26+,27-,28-,29?,30?,32-,33+/m0/s1. The highest BCUT2D eigenvalue weighted by Crippen LogP contribution is 2.40. The van der Waals surface area contributed by atoms with Crippen LogP contribution in [0.1, 0.15) is 32.1 Å². The maximum Gasteiger partial charge on any atom is 0.397 e. The Bertz CT molecular complexity index is 2000. The van der Waals surface area contributed by atoms with Crippen LogP contribution >= 0.6 is 21.6 Å². The zero-order valence-corrected chi connectivity index (χ0v) is 38.8. The van der Waals surface area contributed by atoms with E-state index in [9.17, 15) is 74.9 Å². The summed E-state index contributed by atoms with van der Waals surface area (Å²) >= 11 is 0. The molecule has 3 fully saturated rings. The smallest absolute Gasteiger partial charge is 0.397 e. The summed E-state index contributed by atoms with van der Waals surface area (Å²) < 4.78 is 134. The van der Waals surface area contributed by atoms with E-state index in [1.807, 2.05) is 21.6 Å². The van der Waals surface area contributed by atoms with Gasteiger partial charge in [0.2, 0.25) is 0 Å². The molecule has 4 rings (SSSR count). The number of ether oxygens (including phenoxy) is 5. The van der Waals surface area contributed by atoms with Crippen LogP contribution < -0.4 is 15.5 Å². The molecule has 0 saturated carbocycles. The van der Waals surface area contributed by atoms with E-state index in [0.29, 0.717) is 23.2 Å². The van der Waals surface area contributed by atoms with Crippen molar-refractivity contribution >= 4 is 70.0 Å². The van der Waals surface area contributed by atoms with Gasteiger partial charge in [-0.25, -0.2) is 13.2 Å². The zero-order chi connectivity index (χ0) is 49.0. The first kappa shape index (κ1) is 56.7. The number of anilines is 2. The Morgan fingerprint density at radius 1 is 0.879 bits per heavy atom. The SMILES string of the molecule is CO[C@H]1C(COS(=O)(=O)O)O[C@@H](O[C@@H]2C(C(=O)O)O[C@@H](OCC(O)[C@@H](O)[C@@H](O)C(O)CNc3cccc(NOCCCCCC4CCSS4)c3)C(OS(=O)(=O)O)[C@@H]2O)C(NS(=O)(=O)O)[C@@H]1O. The molecule has 0 spiro atoms. The van der Waals surface area contributed by atoms with Crippen LogP contribution in [0.4, 0.5) is 11.4 Å². The first-order valence-corrected chi connectivity index (χ1v) is 26.4. The van der Waals surface area contributed by atoms with Gasteiger partial charge in [-0.1, -0.05) is 40.5 Å². The molecule has 382 valence electrons. The van der Waals surface area contributed by atoms with Crippen LogP contribution in [0.15, 0.2) is 24.3 Å². The van der Waals surface area contributed by atoms with Crippen molar-refractivity contribution in [2.75, 3.05) is 50.0 Å². The number of aliphatic hydroxyl groups excluding tert-OH is 6.